The Bertz CT molecular complexity index is 273. The van der Waals surface area contributed by atoms with E-state index in [1.54, 1.807) is 0 Å². The third-order valence-electron chi connectivity index (χ3n) is 1.45. The van der Waals surface area contributed by atoms with Gasteiger partial charge in [-0.05, 0) is 13.0 Å². The van der Waals surface area contributed by atoms with Crippen molar-refractivity contribution in [2.75, 3.05) is 5.73 Å². The van der Waals surface area contributed by atoms with Gasteiger partial charge in [0.25, 0.3) is 0 Å². The van der Waals surface area contributed by atoms with Gasteiger partial charge in [0.05, 0.1) is 10.7 Å². The van der Waals surface area contributed by atoms with Crippen LogP contribution in [-0.2, 0) is 0 Å². The van der Waals surface area contributed by atoms with Crippen LogP contribution in [0.3, 0.4) is 0 Å². The van der Waals surface area contributed by atoms with Gasteiger partial charge in [0.15, 0.2) is 0 Å². The Balaban J connectivity index is 3.46. The summed E-state index contributed by atoms with van der Waals surface area (Å²) in [6, 6.07) is 0.860. The highest BCUT2D eigenvalue weighted by Gasteiger charge is 2.10. The molecule has 0 spiro atoms. The van der Waals surface area contributed by atoms with Crippen molar-refractivity contribution in [3.63, 3.8) is 0 Å². The third-order valence-corrected chi connectivity index (χ3v) is 1.73. The minimum atomic E-state index is -0.686. The molecule has 1 aromatic carbocycles. The molecule has 0 atom stereocenters. The van der Waals surface area contributed by atoms with Crippen LogP contribution in [0.4, 0.5) is 14.5 Å². The number of nitrogens with two attached hydrogens (primary N) is 1. The van der Waals surface area contributed by atoms with Gasteiger partial charge in [-0.2, -0.15) is 0 Å². The zero-order valence-corrected chi connectivity index (χ0v) is 6.54. The van der Waals surface area contributed by atoms with Gasteiger partial charge in [-0.25, -0.2) is 8.78 Å². The smallest absolute Gasteiger partial charge is 0.148 e. The minimum Gasteiger partial charge on any atom is -0.396 e. The third kappa shape index (κ3) is 1.28. The van der Waals surface area contributed by atoms with Crippen LogP contribution in [0.1, 0.15) is 5.56 Å². The molecule has 0 aliphatic rings. The molecule has 0 heterocycles. The van der Waals surface area contributed by atoms with E-state index in [2.05, 4.69) is 0 Å². The molecule has 0 aromatic heterocycles. The lowest BCUT2D eigenvalue weighted by atomic mass is 10.2. The summed E-state index contributed by atoms with van der Waals surface area (Å²) >= 11 is 5.32. The number of benzene rings is 1. The fourth-order valence-electron chi connectivity index (χ4n) is 0.729. The highest BCUT2D eigenvalue weighted by molar-refractivity contribution is 6.30. The van der Waals surface area contributed by atoms with Gasteiger partial charge in [-0.1, -0.05) is 11.6 Å². The fourth-order valence-corrected chi connectivity index (χ4v) is 0.966. The molecule has 2 N–H and O–H groups in total. The molecule has 0 saturated heterocycles. The number of hydrogen-bond donors (Lipinski definition) is 1. The van der Waals surface area contributed by atoms with Crippen molar-refractivity contribution in [1.82, 2.24) is 0 Å². The van der Waals surface area contributed by atoms with Gasteiger partial charge in [-0.3, -0.25) is 0 Å². The first-order valence-corrected chi connectivity index (χ1v) is 3.31. The van der Waals surface area contributed by atoms with Crippen molar-refractivity contribution in [2.45, 2.75) is 6.92 Å². The fraction of sp³-hybridized carbons (Fsp3) is 0.143. The second-order valence-corrected chi connectivity index (χ2v) is 2.60. The van der Waals surface area contributed by atoms with Gasteiger partial charge in [0.2, 0.25) is 0 Å². The molecule has 60 valence electrons. The maximum absolute atomic E-state index is 12.8. The maximum Gasteiger partial charge on any atom is 0.148 e. The molecule has 0 aliphatic heterocycles. The van der Waals surface area contributed by atoms with E-state index in [9.17, 15) is 8.78 Å². The van der Waals surface area contributed by atoms with Crippen LogP contribution in [0.5, 0.6) is 0 Å². The highest BCUT2D eigenvalue weighted by Crippen LogP contribution is 2.25. The van der Waals surface area contributed by atoms with Crippen molar-refractivity contribution in [1.29, 1.82) is 0 Å². The normalized spacial score (nSPS) is 10.2. The topological polar surface area (TPSA) is 26.0 Å². The molecule has 11 heavy (non-hydrogen) atoms. The molecule has 0 radical (unpaired) electrons. The van der Waals surface area contributed by atoms with Gasteiger partial charge in [0, 0.05) is 5.56 Å². The number of anilines is 1. The Kier molecular flexibility index (Phi) is 2.00. The van der Waals surface area contributed by atoms with E-state index in [0.717, 1.165) is 6.07 Å². The monoisotopic (exact) mass is 177 g/mol. The van der Waals surface area contributed by atoms with Crippen molar-refractivity contribution >= 4 is 17.3 Å². The first kappa shape index (κ1) is 8.27. The average Bonchev–Trinajstić information content (AvgIpc) is 1.97. The van der Waals surface area contributed by atoms with E-state index in [-0.39, 0.29) is 16.3 Å². The van der Waals surface area contributed by atoms with E-state index in [1.807, 2.05) is 0 Å². The molecular weight excluding hydrogens is 172 g/mol. The lowest BCUT2D eigenvalue weighted by Crippen LogP contribution is -1.97. The molecular formula is C7H6ClF2N. The molecule has 0 bridgehead atoms. The number of halogens is 3. The van der Waals surface area contributed by atoms with Crippen LogP contribution in [-0.4, -0.2) is 0 Å². The Morgan fingerprint density at radius 3 is 2.55 bits per heavy atom. The Morgan fingerprint density at radius 2 is 2.00 bits per heavy atom. The van der Waals surface area contributed by atoms with Gasteiger partial charge >= 0.3 is 0 Å². The molecule has 1 aromatic rings. The molecule has 0 aliphatic carbocycles. The van der Waals surface area contributed by atoms with Crippen molar-refractivity contribution in [3.8, 4) is 0 Å². The molecule has 0 fully saturated rings. The van der Waals surface area contributed by atoms with Crippen LogP contribution in [0.15, 0.2) is 6.07 Å². The molecule has 1 nitrogen and oxygen atoms in total. The van der Waals surface area contributed by atoms with E-state index in [1.165, 1.54) is 6.92 Å². The van der Waals surface area contributed by atoms with Gasteiger partial charge < -0.3 is 5.73 Å². The number of hydrogen-bond acceptors (Lipinski definition) is 1. The van der Waals surface area contributed by atoms with Crippen molar-refractivity contribution in [3.05, 3.63) is 28.3 Å². The molecule has 4 heteroatoms. The van der Waals surface area contributed by atoms with E-state index in [0.29, 0.717) is 0 Å². The van der Waals surface area contributed by atoms with E-state index in [4.69, 9.17) is 17.3 Å². The largest absolute Gasteiger partial charge is 0.396 e. The minimum absolute atomic E-state index is 0.0509. The number of rotatable bonds is 0. The second-order valence-electron chi connectivity index (χ2n) is 2.19. The van der Waals surface area contributed by atoms with Crippen LogP contribution >= 0.6 is 11.6 Å². The summed E-state index contributed by atoms with van der Waals surface area (Å²) in [6.45, 7) is 1.37. The summed E-state index contributed by atoms with van der Waals surface area (Å²) < 4.78 is 25.4. The first-order chi connectivity index (χ1) is 5.04. The maximum atomic E-state index is 12.8. The summed E-state index contributed by atoms with van der Waals surface area (Å²) in [5.74, 6) is -1.35. The summed E-state index contributed by atoms with van der Waals surface area (Å²) in [6.07, 6.45) is 0. The van der Waals surface area contributed by atoms with Crippen LogP contribution in [0.25, 0.3) is 0 Å². The summed E-state index contributed by atoms with van der Waals surface area (Å²) in [5, 5.41) is -0.241. The summed E-state index contributed by atoms with van der Waals surface area (Å²) in [5.41, 5.74) is 5.04. The number of nitrogen functional groups attached to an aromatic ring is 1. The van der Waals surface area contributed by atoms with Crippen LogP contribution in [0.2, 0.25) is 5.02 Å². The Morgan fingerprint density at radius 1 is 1.45 bits per heavy atom. The Labute approximate surface area is 67.8 Å². The van der Waals surface area contributed by atoms with Crippen LogP contribution in [0, 0.1) is 18.6 Å². The molecule has 0 unspecified atom stereocenters. The van der Waals surface area contributed by atoms with E-state index < -0.39 is 11.6 Å². The standard InChI is InChI=1S/C7H6ClF2N/c1-3-6(10)4(8)2-5(9)7(3)11/h2H,11H2,1H3. The second kappa shape index (κ2) is 2.66. The molecule has 0 saturated carbocycles. The SMILES string of the molecule is Cc1c(N)c(F)cc(Cl)c1F. The lowest BCUT2D eigenvalue weighted by molar-refractivity contribution is 0.597. The van der Waals surface area contributed by atoms with Crippen LogP contribution < -0.4 is 5.73 Å². The highest BCUT2D eigenvalue weighted by atomic mass is 35.5. The predicted octanol–water partition coefficient (Wildman–Crippen LogP) is 2.51. The molecule has 0 amide bonds. The van der Waals surface area contributed by atoms with Crippen molar-refractivity contribution < 1.29 is 8.78 Å². The molecule has 1 rings (SSSR count). The summed E-state index contributed by atoms with van der Waals surface area (Å²) in [4.78, 5) is 0. The first-order valence-electron chi connectivity index (χ1n) is 2.93. The van der Waals surface area contributed by atoms with Crippen molar-refractivity contribution in [2.24, 2.45) is 0 Å². The lowest BCUT2D eigenvalue weighted by Gasteiger charge is -2.03. The zero-order chi connectivity index (χ0) is 8.59. The zero-order valence-electron chi connectivity index (χ0n) is 5.79. The van der Waals surface area contributed by atoms with Gasteiger partial charge in [0.1, 0.15) is 11.6 Å². The van der Waals surface area contributed by atoms with E-state index >= 15 is 0 Å². The average molecular weight is 178 g/mol. The summed E-state index contributed by atoms with van der Waals surface area (Å²) in [7, 11) is 0. The quantitative estimate of drug-likeness (QED) is 0.478. The Hall–Kier alpha value is -0.830. The predicted molar refractivity (Wildman–Crippen MR) is 40.5 cm³/mol. The van der Waals surface area contributed by atoms with Gasteiger partial charge in [-0.15, -0.1) is 0 Å².